The molecule has 3 aromatic rings. The number of nitrogens with zero attached hydrogens (tertiary/aromatic N) is 3. The van der Waals surface area contributed by atoms with Gasteiger partial charge < -0.3 is 14.9 Å². The summed E-state index contributed by atoms with van der Waals surface area (Å²) in [5.41, 5.74) is 0.164. The molecule has 0 spiro atoms. The first-order chi connectivity index (χ1) is 19.9. The van der Waals surface area contributed by atoms with Gasteiger partial charge in [-0.1, -0.05) is 12.1 Å². The highest BCUT2D eigenvalue weighted by Crippen LogP contribution is 2.20. The summed E-state index contributed by atoms with van der Waals surface area (Å²) in [7, 11) is 0. The predicted molar refractivity (Wildman–Crippen MR) is 148 cm³/mol. The van der Waals surface area contributed by atoms with Gasteiger partial charge in [0.15, 0.2) is 5.78 Å². The van der Waals surface area contributed by atoms with Crippen LogP contribution < -0.4 is 10.9 Å². The molecule has 2 heterocycles. The van der Waals surface area contributed by atoms with Gasteiger partial charge in [0.1, 0.15) is 17.2 Å². The SMILES string of the molecule is CC(C)(C)OC(=O)ON1CCC(C(=O)CNC(=O)c2cccc(Cn3nc(-c4cc(F)cc(F)c4)ccc3=O)c2)CC1. The summed E-state index contributed by atoms with van der Waals surface area (Å²) >= 11 is 0. The Kier molecular flexibility index (Phi) is 9.46. The van der Waals surface area contributed by atoms with Crippen LogP contribution in [0, 0.1) is 17.6 Å². The average Bonchev–Trinajstić information content (AvgIpc) is 2.91. The van der Waals surface area contributed by atoms with Gasteiger partial charge >= 0.3 is 6.16 Å². The molecule has 42 heavy (non-hydrogen) atoms. The van der Waals surface area contributed by atoms with Crippen molar-refractivity contribution in [3.63, 3.8) is 0 Å². The van der Waals surface area contributed by atoms with Gasteiger partial charge in [0, 0.05) is 42.3 Å². The van der Waals surface area contributed by atoms with Gasteiger partial charge in [0.2, 0.25) is 0 Å². The number of Topliss-reactive ketones (excluding diaryl/α,β-unsaturated/α-hetero) is 1. The lowest BCUT2D eigenvalue weighted by Crippen LogP contribution is -2.41. The lowest BCUT2D eigenvalue weighted by molar-refractivity contribution is -0.158. The number of rotatable bonds is 8. The van der Waals surface area contributed by atoms with E-state index >= 15 is 0 Å². The number of piperidine rings is 1. The van der Waals surface area contributed by atoms with E-state index < -0.39 is 34.9 Å². The second kappa shape index (κ2) is 13.0. The third-order valence-electron chi connectivity index (χ3n) is 6.47. The zero-order valence-corrected chi connectivity index (χ0v) is 23.6. The number of carbonyl (C=O) groups excluding carboxylic acids is 3. The number of nitrogens with one attached hydrogen (secondary N) is 1. The van der Waals surface area contributed by atoms with E-state index in [0.29, 0.717) is 31.5 Å². The number of ketones is 1. The van der Waals surface area contributed by atoms with Crippen molar-refractivity contribution in [1.29, 1.82) is 0 Å². The molecule has 0 bridgehead atoms. The minimum absolute atomic E-state index is 0.00840. The predicted octanol–water partition coefficient (Wildman–Crippen LogP) is 4.11. The molecule has 0 radical (unpaired) electrons. The molecule has 1 aliphatic heterocycles. The number of carbonyl (C=O) groups is 3. The van der Waals surface area contributed by atoms with Crippen LogP contribution in [0.5, 0.6) is 0 Å². The van der Waals surface area contributed by atoms with Gasteiger partial charge in [-0.3, -0.25) is 14.4 Å². The van der Waals surface area contributed by atoms with Crippen LogP contribution in [-0.4, -0.2) is 57.9 Å². The van der Waals surface area contributed by atoms with E-state index in [9.17, 15) is 28.0 Å². The van der Waals surface area contributed by atoms with Crippen LogP contribution >= 0.6 is 0 Å². The summed E-state index contributed by atoms with van der Waals surface area (Å²) < 4.78 is 33.6. The molecule has 0 unspecified atom stereocenters. The van der Waals surface area contributed by atoms with Crippen LogP contribution in [0.25, 0.3) is 11.3 Å². The Morgan fingerprint density at radius 2 is 1.69 bits per heavy atom. The van der Waals surface area contributed by atoms with E-state index in [-0.39, 0.29) is 41.6 Å². The summed E-state index contributed by atoms with van der Waals surface area (Å²) in [5, 5.41) is 8.34. The third-order valence-corrected chi connectivity index (χ3v) is 6.47. The van der Waals surface area contributed by atoms with E-state index in [0.717, 1.165) is 22.9 Å². The molecule has 0 atom stereocenters. The van der Waals surface area contributed by atoms with Gasteiger partial charge in [-0.05, 0) is 69.5 Å². The third kappa shape index (κ3) is 8.53. The van der Waals surface area contributed by atoms with Gasteiger partial charge in [0.05, 0.1) is 18.8 Å². The van der Waals surface area contributed by atoms with Gasteiger partial charge in [0.25, 0.3) is 11.5 Å². The number of ether oxygens (including phenoxy) is 1. The van der Waals surface area contributed by atoms with Crippen LogP contribution in [0.2, 0.25) is 0 Å². The maximum atomic E-state index is 13.7. The van der Waals surface area contributed by atoms with Crippen molar-refractivity contribution < 1.29 is 32.7 Å². The van der Waals surface area contributed by atoms with Crippen molar-refractivity contribution in [3.05, 3.63) is 87.7 Å². The fraction of sp³-hybridized carbons (Fsp3) is 0.367. The first-order valence-electron chi connectivity index (χ1n) is 13.5. The lowest BCUT2D eigenvalue weighted by atomic mass is 9.93. The number of benzene rings is 2. The minimum atomic E-state index is -0.794. The fourth-order valence-electron chi connectivity index (χ4n) is 4.46. The summed E-state index contributed by atoms with van der Waals surface area (Å²) in [5.74, 6) is -2.40. The number of amides is 1. The zero-order chi connectivity index (χ0) is 30.4. The highest BCUT2D eigenvalue weighted by atomic mass is 19.1. The van der Waals surface area contributed by atoms with Crippen LogP contribution in [0.15, 0.2) is 59.4 Å². The minimum Gasteiger partial charge on any atom is -0.427 e. The van der Waals surface area contributed by atoms with E-state index in [2.05, 4.69) is 10.4 Å². The van der Waals surface area contributed by atoms with Crippen molar-refractivity contribution in [2.24, 2.45) is 5.92 Å². The molecule has 1 fully saturated rings. The van der Waals surface area contributed by atoms with Crippen LogP contribution in [-0.2, 0) is 20.9 Å². The van der Waals surface area contributed by atoms with Crippen molar-refractivity contribution in [3.8, 4) is 11.3 Å². The number of aromatic nitrogens is 2. The Morgan fingerprint density at radius 3 is 2.36 bits per heavy atom. The molecule has 0 saturated carbocycles. The first kappa shape index (κ1) is 30.5. The molecule has 1 aromatic heterocycles. The molecule has 2 aromatic carbocycles. The topological polar surface area (TPSA) is 120 Å². The Hall–Kier alpha value is -4.45. The Morgan fingerprint density at radius 1 is 1.00 bits per heavy atom. The number of halogens is 2. The summed E-state index contributed by atoms with van der Waals surface area (Å²) in [4.78, 5) is 55.0. The highest BCUT2D eigenvalue weighted by Gasteiger charge is 2.28. The summed E-state index contributed by atoms with van der Waals surface area (Å²) in [6.45, 7) is 5.80. The maximum Gasteiger partial charge on any atom is 0.528 e. The number of hydrogen-bond donors (Lipinski definition) is 1. The Bertz CT molecular complexity index is 1510. The van der Waals surface area contributed by atoms with Crippen molar-refractivity contribution >= 4 is 17.8 Å². The quantitative estimate of drug-likeness (QED) is 0.394. The first-order valence-corrected chi connectivity index (χ1v) is 13.5. The average molecular weight is 583 g/mol. The van der Waals surface area contributed by atoms with E-state index in [1.165, 1.54) is 17.2 Å². The molecule has 1 aliphatic rings. The second-order valence-electron chi connectivity index (χ2n) is 11.0. The van der Waals surface area contributed by atoms with E-state index in [1.807, 2.05) is 0 Å². The lowest BCUT2D eigenvalue weighted by Gasteiger charge is -2.30. The van der Waals surface area contributed by atoms with Gasteiger partial charge in [-0.2, -0.15) is 5.10 Å². The second-order valence-corrected chi connectivity index (χ2v) is 11.0. The zero-order valence-electron chi connectivity index (χ0n) is 23.6. The highest BCUT2D eigenvalue weighted by molar-refractivity contribution is 5.97. The monoisotopic (exact) mass is 582 g/mol. The van der Waals surface area contributed by atoms with E-state index in [1.54, 1.807) is 45.0 Å². The molecule has 10 nitrogen and oxygen atoms in total. The molecule has 222 valence electrons. The van der Waals surface area contributed by atoms with E-state index in [4.69, 9.17) is 9.57 Å². The normalized spacial score (nSPS) is 14.3. The Labute approximate surface area is 241 Å². The van der Waals surface area contributed by atoms with Crippen LogP contribution in [0.1, 0.15) is 49.5 Å². The standard InChI is InChI=1S/C30H32F2N4O6/c1-30(2,3)41-29(40)42-35-11-9-20(10-12-35)26(37)17-33-28(39)21-6-4-5-19(13-21)18-36-27(38)8-7-25(34-36)22-14-23(31)16-24(32)15-22/h4-8,13-16,20H,9-12,17-18H2,1-3H3,(H,33,39). The number of hydroxylamine groups is 2. The van der Waals surface area contributed by atoms with Crippen LogP contribution in [0.3, 0.4) is 0 Å². The summed E-state index contributed by atoms with van der Waals surface area (Å²) in [6.07, 6.45) is 0.142. The molecular weight excluding hydrogens is 550 g/mol. The molecule has 4 rings (SSSR count). The van der Waals surface area contributed by atoms with Crippen molar-refractivity contribution in [2.75, 3.05) is 19.6 Å². The van der Waals surface area contributed by atoms with Crippen LogP contribution in [0.4, 0.5) is 13.6 Å². The van der Waals surface area contributed by atoms with Crippen molar-refractivity contribution in [1.82, 2.24) is 20.2 Å². The smallest absolute Gasteiger partial charge is 0.427 e. The molecule has 1 amide bonds. The number of hydrogen-bond acceptors (Lipinski definition) is 8. The Balaban J connectivity index is 1.31. The maximum absolute atomic E-state index is 13.7. The van der Waals surface area contributed by atoms with Gasteiger partial charge in [-0.25, -0.2) is 18.3 Å². The largest absolute Gasteiger partial charge is 0.528 e. The van der Waals surface area contributed by atoms with Gasteiger partial charge in [-0.15, -0.1) is 5.06 Å². The molecule has 1 saturated heterocycles. The molecular formula is C30H32F2N4O6. The molecule has 0 aliphatic carbocycles. The molecule has 1 N–H and O–H groups in total. The fourth-order valence-corrected chi connectivity index (χ4v) is 4.46. The van der Waals surface area contributed by atoms with Crippen molar-refractivity contribution in [2.45, 2.75) is 45.8 Å². The molecule has 12 heteroatoms. The summed E-state index contributed by atoms with van der Waals surface area (Å²) in [6, 6.07) is 12.1.